The van der Waals surface area contributed by atoms with Gasteiger partial charge < -0.3 is 9.26 Å². The van der Waals surface area contributed by atoms with Crippen LogP contribution in [0.15, 0.2) is 47.0 Å². The van der Waals surface area contributed by atoms with E-state index < -0.39 is 27.9 Å². The Morgan fingerprint density at radius 3 is 2.72 bits per heavy atom. The molecule has 0 spiro atoms. The van der Waals surface area contributed by atoms with Gasteiger partial charge in [-0.3, -0.25) is 4.79 Å². The minimum absolute atomic E-state index is 0.0236. The molecule has 1 aliphatic rings. The number of hydrogen-bond donors (Lipinski definition) is 0. The molecule has 0 bridgehead atoms. The Morgan fingerprint density at radius 2 is 2.00 bits per heavy atom. The van der Waals surface area contributed by atoms with E-state index in [1.54, 1.807) is 19.1 Å². The van der Waals surface area contributed by atoms with Gasteiger partial charge in [0.2, 0.25) is 15.8 Å². The zero-order chi connectivity index (χ0) is 22.9. The number of rotatable bonds is 6. The van der Waals surface area contributed by atoms with E-state index in [1.165, 1.54) is 17.3 Å². The van der Waals surface area contributed by atoms with E-state index in [0.717, 1.165) is 11.1 Å². The summed E-state index contributed by atoms with van der Waals surface area (Å²) < 4.78 is 50.6. The van der Waals surface area contributed by atoms with E-state index in [2.05, 4.69) is 10.1 Å². The maximum absolute atomic E-state index is 13.8. The molecule has 0 amide bonds. The van der Waals surface area contributed by atoms with E-state index >= 15 is 0 Å². The first kappa shape index (κ1) is 22.1. The smallest absolute Gasteiger partial charge is 0.325 e. The molecule has 1 aliphatic heterocycles. The van der Waals surface area contributed by atoms with Crippen molar-refractivity contribution in [1.82, 2.24) is 14.4 Å². The van der Waals surface area contributed by atoms with Gasteiger partial charge in [0.15, 0.2) is 6.61 Å². The summed E-state index contributed by atoms with van der Waals surface area (Å²) in [6.07, 6.45) is 0.214. The first-order chi connectivity index (χ1) is 15.3. The van der Waals surface area contributed by atoms with Crippen LogP contribution in [-0.2, 0) is 39.1 Å². The van der Waals surface area contributed by atoms with Gasteiger partial charge in [-0.15, -0.1) is 0 Å². The van der Waals surface area contributed by atoms with Gasteiger partial charge >= 0.3 is 5.97 Å². The highest BCUT2D eigenvalue weighted by Gasteiger charge is 2.39. The van der Waals surface area contributed by atoms with Crippen molar-refractivity contribution in [3.05, 3.63) is 70.9 Å². The van der Waals surface area contributed by atoms with Gasteiger partial charge in [0, 0.05) is 18.5 Å². The van der Waals surface area contributed by atoms with Crippen LogP contribution in [0.25, 0.3) is 11.4 Å². The van der Waals surface area contributed by atoms with E-state index in [4.69, 9.17) is 9.26 Å². The molecule has 2 aromatic carbocycles. The Morgan fingerprint density at radius 1 is 1.25 bits per heavy atom. The van der Waals surface area contributed by atoms with Gasteiger partial charge in [-0.2, -0.15) is 9.29 Å². The molecule has 10 heteroatoms. The quantitative estimate of drug-likeness (QED) is 0.522. The number of aryl methyl sites for hydroxylation is 1. The summed E-state index contributed by atoms with van der Waals surface area (Å²) in [6.45, 7) is 2.96. The van der Waals surface area contributed by atoms with Crippen molar-refractivity contribution < 1.29 is 26.9 Å². The van der Waals surface area contributed by atoms with Crippen LogP contribution < -0.4 is 0 Å². The summed E-state index contributed by atoms with van der Waals surface area (Å²) in [4.78, 5) is 17.0. The third-order valence-electron chi connectivity index (χ3n) is 5.44. The minimum Gasteiger partial charge on any atom is -0.454 e. The number of nitrogens with zero attached hydrogens (tertiary/aromatic N) is 3. The van der Waals surface area contributed by atoms with Gasteiger partial charge in [-0.1, -0.05) is 41.6 Å². The molecule has 2 heterocycles. The monoisotopic (exact) mass is 459 g/mol. The van der Waals surface area contributed by atoms with Gasteiger partial charge in [-0.25, -0.2) is 12.8 Å². The number of ether oxygens (including phenoxy) is 1. The molecule has 0 unspecified atom stereocenters. The Hall–Kier alpha value is -3.11. The van der Waals surface area contributed by atoms with E-state index in [-0.39, 0.29) is 37.0 Å². The largest absolute Gasteiger partial charge is 0.454 e. The lowest BCUT2D eigenvalue weighted by atomic mass is 9.96. The molecule has 0 fully saturated rings. The topological polar surface area (TPSA) is 103 Å². The lowest BCUT2D eigenvalue weighted by molar-refractivity contribution is -0.150. The van der Waals surface area contributed by atoms with Gasteiger partial charge in [0.25, 0.3) is 5.89 Å². The van der Waals surface area contributed by atoms with Crippen molar-refractivity contribution >= 4 is 16.0 Å². The van der Waals surface area contributed by atoms with Crippen LogP contribution in [0.4, 0.5) is 4.39 Å². The van der Waals surface area contributed by atoms with Crippen molar-refractivity contribution in [2.75, 3.05) is 5.75 Å². The average Bonchev–Trinajstić information content (AvgIpc) is 3.27. The molecule has 0 N–H and O–H groups in total. The molecule has 1 atom stereocenters. The van der Waals surface area contributed by atoms with E-state index in [0.29, 0.717) is 11.1 Å². The van der Waals surface area contributed by atoms with Crippen LogP contribution in [0.2, 0.25) is 0 Å². The van der Waals surface area contributed by atoms with Crippen molar-refractivity contribution in [1.29, 1.82) is 0 Å². The molecule has 168 valence electrons. The fourth-order valence-corrected chi connectivity index (χ4v) is 4.77. The molecule has 3 aromatic rings. The van der Waals surface area contributed by atoms with E-state index in [1.807, 2.05) is 24.3 Å². The number of fused-ring (bicyclic) bond motifs is 1. The third kappa shape index (κ3) is 4.42. The van der Waals surface area contributed by atoms with Crippen LogP contribution in [-0.4, -0.2) is 40.6 Å². The maximum Gasteiger partial charge on any atom is 0.325 e. The lowest BCUT2D eigenvalue weighted by Gasteiger charge is -2.34. The SMILES string of the molecule is CCS(=O)(=O)N1Cc2ccccc2C[C@@H]1C(=O)OCc1nc(-c2ccc(C)c(F)c2)no1. The van der Waals surface area contributed by atoms with Crippen molar-refractivity contribution in [3.63, 3.8) is 0 Å². The molecular weight excluding hydrogens is 437 g/mol. The van der Waals surface area contributed by atoms with Crippen LogP contribution in [0.3, 0.4) is 0 Å². The molecule has 0 saturated carbocycles. The second-order valence-electron chi connectivity index (χ2n) is 7.52. The minimum atomic E-state index is -3.64. The molecular formula is C22H22FN3O5S. The van der Waals surface area contributed by atoms with Crippen LogP contribution in [0, 0.1) is 12.7 Å². The van der Waals surface area contributed by atoms with Gasteiger partial charge in [0.05, 0.1) is 5.75 Å². The number of esters is 1. The standard InChI is InChI=1S/C22H22FN3O5S/c1-3-32(28,29)26-12-17-7-5-4-6-15(17)11-19(26)22(27)30-13-20-24-21(25-31-20)16-9-8-14(2)18(23)10-16/h4-10,19H,3,11-13H2,1-2H3/t19-/m1/s1. The number of halogens is 1. The number of carbonyl (C=O) groups excluding carboxylic acids is 1. The first-order valence-electron chi connectivity index (χ1n) is 10.1. The zero-order valence-corrected chi connectivity index (χ0v) is 18.4. The molecule has 0 saturated heterocycles. The average molecular weight is 459 g/mol. The lowest BCUT2D eigenvalue weighted by Crippen LogP contribution is -2.49. The molecule has 0 radical (unpaired) electrons. The molecule has 0 aliphatic carbocycles. The number of benzene rings is 2. The summed E-state index contributed by atoms with van der Waals surface area (Å²) >= 11 is 0. The highest BCUT2D eigenvalue weighted by molar-refractivity contribution is 7.89. The Kier molecular flexibility index (Phi) is 6.07. The maximum atomic E-state index is 13.8. The summed E-state index contributed by atoms with van der Waals surface area (Å²) in [5, 5.41) is 3.79. The number of hydrogen-bond acceptors (Lipinski definition) is 7. The predicted molar refractivity (Wildman–Crippen MR) is 113 cm³/mol. The van der Waals surface area contributed by atoms with Crippen LogP contribution >= 0.6 is 0 Å². The van der Waals surface area contributed by atoms with E-state index in [9.17, 15) is 17.6 Å². The van der Waals surface area contributed by atoms with Crippen LogP contribution in [0.5, 0.6) is 0 Å². The predicted octanol–water partition coefficient (Wildman–Crippen LogP) is 3.00. The molecule has 4 rings (SSSR count). The molecule has 32 heavy (non-hydrogen) atoms. The van der Waals surface area contributed by atoms with Crippen molar-refractivity contribution in [2.24, 2.45) is 0 Å². The summed E-state index contributed by atoms with van der Waals surface area (Å²) in [5.41, 5.74) is 2.68. The van der Waals surface area contributed by atoms with Crippen molar-refractivity contribution in [3.8, 4) is 11.4 Å². The Bertz CT molecular complexity index is 1260. The fraction of sp³-hybridized carbons (Fsp3) is 0.318. The van der Waals surface area contributed by atoms with Crippen molar-refractivity contribution in [2.45, 2.75) is 39.5 Å². The first-order valence-corrected chi connectivity index (χ1v) is 11.7. The summed E-state index contributed by atoms with van der Waals surface area (Å²) in [7, 11) is -3.64. The highest BCUT2D eigenvalue weighted by atomic mass is 32.2. The summed E-state index contributed by atoms with van der Waals surface area (Å²) in [5.74, 6) is -1.03. The number of carbonyl (C=O) groups is 1. The third-order valence-corrected chi connectivity index (χ3v) is 7.26. The van der Waals surface area contributed by atoms with Crippen LogP contribution in [0.1, 0.15) is 29.5 Å². The Labute approximate surface area is 185 Å². The number of sulfonamides is 1. The second kappa shape index (κ2) is 8.79. The zero-order valence-electron chi connectivity index (χ0n) is 17.6. The number of aromatic nitrogens is 2. The second-order valence-corrected chi connectivity index (χ2v) is 9.73. The fourth-order valence-electron chi connectivity index (χ4n) is 3.55. The Balaban J connectivity index is 1.49. The molecule has 8 nitrogen and oxygen atoms in total. The normalized spacial score (nSPS) is 16.5. The molecule has 1 aromatic heterocycles. The van der Waals surface area contributed by atoms with Gasteiger partial charge in [0.1, 0.15) is 11.9 Å². The highest BCUT2D eigenvalue weighted by Crippen LogP contribution is 2.27. The van der Waals surface area contributed by atoms with Gasteiger partial charge in [-0.05, 0) is 36.6 Å². The summed E-state index contributed by atoms with van der Waals surface area (Å²) in [6, 6.07) is 11.0.